The number of hydrogen-bond acceptors (Lipinski definition) is 3. The normalized spacial score (nSPS) is 13.5. The van der Waals surface area contributed by atoms with E-state index in [9.17, 15) is 0 Å². The molecular weight excluding hydrogens is 188 g/mol. The zero-order valence-electron chi connectivity index (χ0n) is 10.2. The second-order valence-corrected chi connectivity index (χ2v) is 4.49. The Labute approximate surface area is 91.9 Å². The highest BCUT2D eigenvalue weighted by Crippen LogP contribution is 2.18. The molecule has 4 heteroatoms. The second kappa shape index (κ2) is 5.26. The van der Waals surface area contributed by atoms with E-state index in [0.717, 1.165) is 31.0 Å². The summed E-state index contributed by atoms with van der Waals surface area (Å²) in [5.41, 5.74) is 6.12. The Morgan fingerprint density at radius 3 is 2.53 bits per heavy atom. The highest BCUT2D eigenvalue weighted by Gasteiger charge is 2.16. The van der Waals surface area contributed by atoms with E-state index in [1.54, 1.807) is 0 Å². The lowest BCUT2D eigenvalue weighted by Crippen LogP contribution is -2.19. The monoisotopic (exact) mass is 210 g/mol. The SMILES string of the molecule is CCCn1c(C)nnc1[C@H](N)CC(C)C. The minimum absolute atomic E-state index is 0.0118. The van der Waals surface area contributed by atoms with Gasteiger partial charge in [0.2, 0.25) is 0 Å². The van der Waals surface area contributed by atoms with Crippen LogP contribution in [-0.4, -0.2) is 14.8 Å². The van der Waals surface area contributed by atoms with Crippen molar-refractivity contribution in [2.24, 2.45) is 11.7 Å². The van der Waals surface area contributed by atoms with E-state index in [4.69, 9.17) is 5.73 Å². The van der Waals surface area contributed by atoms with Gasteiger partial charge in [-0.1, -0.05) is 20.8 Å². The van der Waals surface area contributed by atoms with Gasteiger partial charge in [0.1, 0.15) is 11.6 Å². The summed E-state index contributed by atoms with van der Waals surface area (Å²) in [6.07, 6.45) is 2.04. The highest BCUT2D eigenvalue weighted by molar-refractivity contribution is 4.99. The molecule has 15 heavy (non-hydrogen) atoms. The Bertz CT molecular complexity index is 304. The number of rotatable bonds is 5. The third-order valence-electron chi connectivity index (χ3n) is 2.47. The lowest BCUT2D eigenvalue weighted by Gasteiger charge is -2.15. The van der Waals surface area contributed by atoms with Crippen molar-refractivity contribution in [2.75, 3.05) is 0 Å². The fraction of sp³-hybridized carbons (Fsp3) is 0.818. The summed E-state index contributed by atoms with van der Waals surface area (Å²) in [4.78, 5) is 0. The quantitative estimate of drug-likeness (QED) is 0.809. The molecule has 0 unspecified atom stereocenters. The summed E-state index contributed by atoms with van der Waals surface area (Å²) in [6.45, 7) is 9.44. The van der Waals surface area contributed by atoms with E-state index in [1.807, 2.05) is 6.92 Å². The van der Waals surface area contributed by atoms with Crippen LogP contribution in [0.1, 0.15) is 51.3 Å². The molecule has 1 rings (SSSR count). The Morgan fingerprint density at radius 2 is 2.00 bits per heavy atom. The van der Waals surface area contributed by atoms with E-state index >= 15 is 0 Å². The summed E-state index contributed by atoms with van der Waals surface area (Å²) >= 11 is 0. The molecule has 2 N–H and O–H groups in total. The Kier molecular flexibility index (Phi) is 4.27. The maximum atomic E-state index is 6.12. The van der Waals surface area contributed by atoms with Gasteiger partial charge < -0.3 is 10.3 Å². The number of aryl methyl sites for hydroxylation is 1. The number of aromatic nitrogens is 3. The minimum atomic E-state index is 0.0118. The fourth-order valence-corrected chi connectivity index (χ4v) is 1.78. The van der Waals surface area contributed by atoms with Crippen LogP contribution in [0.3, 0.4) is 0 Å². The molecule has 1 atom stereocenters. The molecule has 0 aliphatic heterocycles. The Balaban J connectivity index is 2.83. The van der Waals surface area contributed by atoms with E-state index in [0.29, 0.717) is 5.92 Å². The molecule has 0 aromatic carbocycles. The number of hydrogen-bond donors (Lipinski definition) is 1. The summed E-state index contributed by atoms with van der Waals surface area (Å²) in [5, 5.41) is 8.27. The van der Waals surface area contributed by atoms with Gasteiger partial charge in [-0.3, -0.25) is 0 Å². The largest absolute Gasteiger partial charge is 0.321 e. The van der Waals surface area contributed by atoms with Gasteiger partial charge in [0, 0.05) is 6.54 Å². The smallest absolute Gasteiger partial charge is 0.149 e. The molecule has 0 spiro atoms. The lowest BCUT2D eigenvalue weighted by atomic mass is 10.0. The molecule has 1 aromatic heterocycles. The average molecular weight is 210 g/mol. The third-order valence-corrected chi connectivity index (χ3v) is 2.47. The van der Waals surface area contributed by atoms with Gasteiger partial charge in [0.25, 0.3) is 0 Å². The highest BCUT2D eigenvalue weighted by atomic mass is 15.3. The first-order valence-corrected chi connectivity index (χ1v) is 5.71. The van der Waals surface area contributed by atoms with Crippen molar-refractivity contribution in [3.63, 3.8) is 0 Å². The molecule has 0 saturated heterocycles. The predicted molar refractivity (Wildman–Crippen MR) is 61.4 cm³/mol. The van der Waals surface area contributed by atoms with E-state index in [1.165, 1.54) is 0 Å². The van der Waals surface area contributed by atoms with Crippen molar-refractivity contribution in [3.05, 3.63) is 11.6 Å². The zero-order valence-corrected chi connectivity index (χ0v) is 10.2. The summed E-state index contributed by atoms with van der Waals surface area (Å²) < 4.78 is 2.13. The molecule has 1 heterocycles. The topological polar surface area (TPSA) is 56.7 Å². The molecule has 4 nitrogen and oxygen atoms in total. The fourth-order valence-electron chi connectivity index (χ4n) is 1.78. The van der Waals surface area contributed by atoms with Crippen molar-refractivity contribution < 1.29 is 0 Å². The van der Waals surface area contributed by atoms with E-state index in [2.05, 4.69) is 35.5 Å². The van der Waals surface area contributed by atoms with Gasteiger partial charge >= 0.3 is 0 Å². The molecular formula is C11H22N4. The Morgan fingerprint density at radius 1 is 1.33 bits per heavy atom. The maximum Gasteiger partial charge on any atom is 0.149 e. The van der Waals surface area contributed by atoms with Crippen molar-refractivity contribution in [1.29, 1.82) is 0 Å². The maximum absolute atomic E-state index is 6.12. The minimum Gasteiger partial charge on any atom is -0.321 e. The van der Waals surface area contributed by atoms with Crippen LogP contribution in [-0.2, 0) is 6.54 Å². The number of nitrogens with zero attached hydrogens (tertiary/aromatic N) is 3. The first-order chi connectivity index (χ1) is 7.06. The Hall–Kier alpha value is -0.900. The molecule has 1 aromatic rings. The van der Waals surface area contributed by atoms with Crippen LogP contribution in [0.4, 0.5) is 0 Å². The van der Waals surface area contributed by atoms with E-state index in [-0.39, 0.29) is 6.04 Å². The van der Waals surface area contributed by atoms with Gasteiger partial charge in [-0.2, -0.15) is 0 Å². The van der Waals surface area contributed by atoms with Crippen LogP contribution < -0.4 is 5.73 Å². The van der Waals surface area contributed by atoms with Crippen LogP contribution in [0.15, 0.2) is 0 Å². The third kappa shape index (κ3) is 3.02. The predicted octanol–water partition coefficient (Wildman–Crippen LogP) is 2.04. The number of nitrogens with two attached hydrogens (primary N) is 1. The first kappa shape index (κ1) is 12.2. The van der Waals surface area contributed by atoms with Gasteiger partial charge in [0.15, 0.2) is 0 Å². The van der Waals surface area contributed by atoms with Gasteiger partial charge in [-0.15, -0.1) is 10.2 Å². The zero-order chi connectivity index (χ0) is 11.4. The van der Waals surface area contributed by atoms with Crippen LogP contribution >= 0.6 is 0 Å². The van der Waals surface area contributed by atoms with E-state index < -0.39 is 0 Å². The van der Waals surface area contributed by atoms with Crippen LogP contribution in [0.2, 0.25) is 0 Å². The van der Waals surface area contributed by atoms with Crippen molar-refractivity contribution in [2.45, 2.75) is 53.1 Å². The van der Waals surface area contributed by atoms with Crippen molar-refractivity contribution in [3.8, 4) is 0 Å². The lowest BCUT2D eigenvalue weighted by molar-refractivity contribution is 0.470. The molecule has 0 aliphatic carbocycles. The van der Waals surface area contributed by atoms with Gasteiger partial charge in [0.05, 0.1) is 6.04 Å². The van der Waals surface area contributed by atoms with Crippen molar-refractivity contribution >= 4 is 0 Å². The van der Waals surface area contributed by atoms with Crippen molar-refractivity contribution in [1.82, 2.24) is 14.8 Å². The molecule has 0 fully saturated rings. The molecule has 0 bridgehead atoms. The van der Waals surface area contributed by atoms with Crippen LogP contribution in [0.25, 0.3) is 0 Å². The summed E-state index contributed by atoms with van der Waals surface area (Å²) in [5.74, 6) is 2.49. The molecule has 0 amide bonds. The summed E-state index contributed by atoms with van der Waals surface area (Å²) in [6, 6.07) is 0.0118. The molecule has 0 radical (unpaired) electrons. The first-order valence-electron chi connectivity index (χ1n) is 5.71. The van der Waals surface area contributed by atoms with Gasteiger partial charge in [-0.05, 0) is 25.7 Å². The summed E-state index contributed by atoms with van der Waals surface area (Å²) in [7, 11) is 0. The molecule has 0 saturated carbocycles. The van der Waals surface area contributed by atoms with Crippen LogP contribution in [0, 0.1) is 12.8 Å². The average Bonchev–Trinajstić information content (AvgIpc) is 2.48. The standard InChI is InChI=1S/C11H22N4/c1-5-6-15-9(4)13-14-11(15)10(12)7-8(2)3/h8,10H,5-7,12H2,1-4H3/t10-/m1/s1. The van der Waals surface area contributed by atoms with Gasteiger partial charge in [-0.25, -0.2) is 0 Å². The second-order valence-electron chi connectivity index (χ2n) is 4.49. The van der Waals surface area contributed by atoms with Crippen LogP contribution in [0.5, 0.6) is 0 Å². The molecule has 0 aliphatic rings. The molecule has 86 valence electrons.